The Morgan fingerprint density at radius 2 is 1.94 bits per heavy atom. The van der Waals surface area contributed by atoms with Gasteiger partial charge in [-0.1, -0.05) is 0 Å². The molecule has 0 spiro atoms. The molecule has 3 aromatic rings. The van der Waals surface area contributed by atoms with Crippen molar-refractivity contribution in [2.45, 2.75) is 25.4 Å². The van der Waals surface area contributed by atoms with Gasteiger partial charge >= 0.3 is 0 Å². The maximum atomic E-state index is 11.8. The first kappa shape index (κ1) is 26.9. The molecule has 0 aliphatic carbocycles. The highest BCUT2D eigenvalue weighted by Crippen LogP contribution is 2.25. The Bertz CT molecular complexity index is 1160. The number of rotatable bonds is 5. The van der Waals surface area contributed by atoms with Gasteiger partial charge in [0.15, 0.2) is 11.5 Å². The van der Waals surface area contributed by atoms with Crippen LogP contribution in [0.25, 0.3) is 10.9 Å². The maximum absolute atomic E-state index is 11.8. The summed E-state index contributed by atoms with van der Waals surface area (Å²) in [5, 5.41) is 33.5. The van der Waals surface area contributed by atoms with Crippen molar-refractivity contribution in [1.82, 2.24) is 25.0 Å². The monoisotopic (exact) mass is 489 g/mol. The number of benzene rings is 1. The summed E-state index contributed by atoms with van der Waals surface area (Å²) in [6.45, 7) is 2.55. The second-order valence-electron chi connectivity index (χ2n) is 7.34. The number of nitrogens with one attached hydrogen (secondary N) is 2. The summed E-state index contributed by atoms with van der Waals surface area (Å²) in [5.74, 6) is -0.252. The second-order valence-corrected chi connectivity index (χ2v) is 7.34. The quantitative estimate of drug-likeness (QED) is 0.256. The Kier molecular flexibility index (Phi) is 9.80. The molecule has 15 heteroatoms. The molecular weight excluding hydrogens is 462 g/mol. The van der Waals surface area contributed by atoms with E-state index in [2.05, 4.69) is 30.9 Å². The highest BCUT2D eigenvalue weighted by molar-refractivity contribution is 5.96. The van der Waals surface area contributed by atoms with E-state index in [1.165, 1.54) is 0 Å². The maximum Gasteiger partial charge on any atom is 0.290 e. The fourth-order valence-corrected chi connectivity index (χ4v) is 3.37. The van der Waals surface area contributed by atoms with Gasteiger partial charge in [0.25, 0.3) is 18.9 Å². The van der Waals surface area contributed by atoms with Gasteiger partial charge in [-0.2, -0.15) is 10.1 Å². The summed E-state index contributed by atoms with van der Waals surface area (Å²) in [5.41, 5.74) is 14.1. The Morgan fingerprint density at radius 3 is 2.57 bits per heavy atom. The molecular formula is C20H27N9O6. The zero-order valence-corrected chi connectivity index (χ0v) is 19.1. The number of hydrogen-bond donors (Lipinski definition) is 6. The van der Waals surface area contributed by atoms with E-state index < -0.39 is 5.91 Å². The SMILES string of the molecule is Cc1cc(Nc2nc(N[C@@H]3CCOC[C@@H]3N)nnc2C(N)=O)cc2nn(C)cc12.O=CO.O=CO. The van der Waals surface area contributed by atoms with Crippen LogP contribution in [0.3, 0.4) is 0 Å². The number of anilines is 3. The van der Waals surface area contributed by atoms with E-state index >= 15 is 0 Å². The molecule has 188 valence electrons. The van der Waals surface area contributed by atoms with Gasteiger partial charge in [-0.25, -0.2) is 0 Å². The molecule has 2 aromatic heterocycles. The van der Waals surface area contributed by atoms with Gasteiger partial charge in [0.2, 0.25) is 5.95 Å². The Labute approximate surface area is 199 Å². The van der Waals surface area contributed by atoms with E-state index in [1.807, 2.05) is 32.3 Å². The highest BCUT2D eigenvalue weighted by atomic mass is 16.5. The average molecular weight is 489 g/mol. The van der Waals surface area contributed by atoms with Crippen molar-refractivity contribution in [3.8, 4) is 0 Å². The van der Waals surface area contributed by atoms with E-state index in [0.29, 0.717) is 18.9 Å². The lowest BCUT2D eigenvalue weighted by atomic mass is 10.1. The highest BCUT2D eigenvalue weighted by Gasteiger charge is 2.24. The fourth-order valence-electron chi connectivity index (χ4n) is 3.37. The summed E-state index contributed by atoms with van der Waals surface area (Å²) < 4.78 is 7.10. The smallest absolute Gasteiger partial charge is 0.290 e. The minimum atomic E-state index is -0.725. The zero-order chi connectivity index (χ0) is 26.0. The number of carboxylic acid groups (broad SMARTS) is 2. The fraction of sp³-hybridized carbons (Fsp3) is 0.350. The first-order valence-corrected chi connectivity index (χ1v) is 10.2. The lowest BCUT2D eigenvalue weighted by Gasteiger charge is -2.29. The van der Waals surface area contributed by atoms with Gasteiger partial charge in [-0.15, -0.1) is 10.2 Å². The molecule has 15 nitrogen and oxygen atoms in total. The second kappa shape index (κ2) is 12.8. The van der Waals surface area contributed by atoms with Crippen molar-refractivity contribution in [3.05, 3.63) is 29.6 Å². The number of nitrogens with zero attached hydrogens (tertiary/aromatic N) is 5. The summed E-state index contributed by atoms with van der Waals surface area (Å²) in [6, 6.07) is 3.58. The van der Waals surface area contributed by atoms with E-state index in [9.17, 15) is 4.79 Å². The first-order valence-electron chi connectivity index (χ1n) is 10.2. The number of ether oxygens (including phenoxy) is 1. The lowest BCUT2D eigenvalue weighted by Crippen LogP contribution is -2.48. The molecule has 0 unspecified atom stereocenters. The molecule has 0 bridgehead atoms. The molecule has 1 saturated heterocycles. The third-order valence-electron chi connectivity index (χ3n) is 4.84. The van der Waals surface area contributed by atoms with Crippen LogP contribution in [-0.4, -0.2) is 79.3 Å². The van der Waals surface area contributed by atoms with Crippen LogP contribution in [0.5, 0.6) is 0 Å². The van der Waals surface area contributed by atoms with Crippen molar-refractivity contribution >= 4 is 47.2 Å². The first-order chi connectivity index (χ1) is 16.7. The summed E-state index contributed by atoms with van der Waals surface area (Å²) >= 11 is 0. The Morgan fingerprint density at radius 1 is 1.26 bits per heavy atom. The molecule has 2 atom stereocenters. The lowest BCUT2D eigenvalue weighted by molar-refractivity contribution is -0.123. The van der Waals surface area contributed by atoms with Gasteiger partial charge in [-0.05, 0) is 31.0 Å². The number of nitrogens with two attached hydrogens (primary N) is 2. The number of carbonyl (C=O) groups is 3. The minimum Gasteiger partial charge on any atom is -0.483 e. The van der Waals surface area contributed by atoms with Crippen LogP contribution in [0.15, 0.2) is 18.3 Å². The van der Waals surface area contributed by atoms with Crippen LogP contribution in [0.4, 0.5) is 17.5 Å². The molecule has 1 aliphatic rings. The molecule has 4 rings (SSSR count). The molecule has 0 radical (unpaired) electrons. The molecule has 3 heterocycles. The predicted molar refractivity (Wildman–Crippen MR) is 125 cm³/mol. The number of amides is 1. The van der Waals surface area contributed by atoms with Gasteiger partial charge in [-0.3, -0.25) is 19.1 Å². The van der Waals surface area contributed by atoms with Crippen LogP contribution in [0, 0.1) is 6.92 Å². The van der Waals surface area contributed by atoms with E-state index in [1.54, 1.807) is 4.68 Å². The third-order valence-corrected chi connectivity index (χ3v) is 4.84. The predicted octanol–water partition coefficient (Wildman–Crippen LogP) is -0.161. The Balaban J connectivity index is 0.000000655. The number of aryl methyl sites for hydroxylation is 2. The third kappa shape index (κ3) is 7.31. The minimum absolute atomic E-state index is 0.0504. The molecule has 1 fully saturated rings. The summed E-state index contributed by atoms with van der Waals surface area (Å²) in [6.07, 6.45) is 2.68. The summed E-state index contributed by atoms with van der Waals surface area (Å²) in [4.78, 5) is 33.0. The van der Waals surface area contributed by atoms with Crippen LogP contribution in [0.2, 0.25) is 0 Å². The standard InChI is InChI=1S/C18H23N9O2.2CH2O2/c1-9-5-10(6-14-11(9)7-27(2)26-14)21-17-15(16(20)28)24-25-18(23-17)22-13-3-4-29-8-12(13)19;2*2-1-3/h5-7,12-13H,3-4,8,19H2,1-2H3,(H2,20,28)(H2,21,22,23,25);2*1H,(H,2,3)/t12-,13+;;/m0../s1. The largest absolute Gasteiger partial charge is 0.483 e. The van der Waals surface area contributed by atoms with Crippen molar-refractivity contribution < 1.29 is 29.3 Å². The molecule has 1 aliphatic heterocycles. The van der Waals surface area contributed by atoms with Crippen molar-refractivity contribution in [2.75, 3.05) is 23.8 Å². The van der Waals surface area contributed by atoms with Gasteiger partial charge < -0.3 is 37.1 Å². The van der Waals surface area contributed by atoms with Crippen molar-refractivity contribution in [2.24, 2.45) is 18.5 Å². The van der Waals surface area contributed by atoms with Crippen LogP contribution in [0.1, 0.15) is 22.5 Å². The molecule has 1 aromatic carbocycles. The molecule has 1 amide bonds. The molecule has 35 heavy (non-hydrogen) atoms. The van der Waals surface area contributed by atoms with Crippen molar-refractivity contribution in [3.63, 3.8) is 0 Å². The number of aromatic nitrogens is 5. The number of fused-ring (bicyclic) bond motifs is 1. The van der Waals surface area contributed by atoms with Gasteiger partial charge in [0.05, 0.1) is 12.1 Å². The van der Waals surface area contributed by atoms with Gasteiger partial charge in [0.1, 0.15) is 0 Å². The normalized spacial score (nSPS) is 16.7. The van der Waals surface area contributed by atoms with E-state index in [-0.39, 0.29) is 42.5 Å². The van der Waals surface area contributed by atoms with Crippen LogP contribution >= 0.6 is 0 Å². The summed E-state index contributed by atoms with van der Waals surface area (Å²) in [7, 11) is 1.87. The number of carbonyl (C=O) groups excluding carboxylic acids is 1. The zero-order valence-electron chi connectivity index (χ0n) is 19.1. The van der Waals surface area contributed by atoms with E-state index in [4.69, 9.17) is 36.0 Å². The Hall–Kier alpha value is -4.37. The molecule has 0 saturated carbocycles. The van der Waals surface area contributed by atoms with Gasteiger partial charge in [0, 0.05) is 43.0 Å². The topological polar surface area (TPSA) is 233 Å². The average Bonchev–Trinajstić information content (AvgIpc) is 3.17. The number of hydrogen-bond acceptors (Lipinski definition) is 11. The number of primary amides is 1. The van der Waals surface area contributed by atoms with Crippen LogP contribution in [-0.2, 0) is 21.4 Å². The molecule has 8 N–H and O–H groups in total. The van der Waals surface area contributed by atoms with Crippen LogP contribution < -0.4 is 22.1 Å². The van der Waals surface area contributed by atoms with E-state index in [0.717, 1.165) is 22.9 Å². The van der Waals surface area contributed by atoms with Crippen molar-refractivity contribution in [1.29, 1.82) is 0 Å².